The standard InChI is InChI=1S/C30H32F3N5O3S2/c1-4-37(5-2)43(40,41)26-16-9-13-23(19-26)27-35-36-29(38(27)18-17-22-11-7-6-8-12-22)42-21(3)28(39)34-25-15-10-14-24(20-25)30(31,32)33/h6-16,19-21H,4-5,17-18H2,1-3H3,(H,34,39)/t21-/m1/s1. The van der Waals surface area contributed by atoms with E-state index in [1.54, 1.807) is 39.0 Å². The van der Waals surface area contributed by atoms with Gasteiger partial charge in [0, 0.05) is 30.9 Å². The molecule has 1 amide bonds. The number of aromatic nitrogens is 3. The summed E-state index contributed by atoms with van der Waals surface area (Å²) in [6.07, 6.45) is -3.92. The lowest BCUT2D eigenvalue weighted by atomic mass is 10.1. The topological polar surface area (TPSA) is 97.2 Å². The number of thioether (sulfide) groups is 1. The molecule has 0 saturated carbocycles. The maximum Gasteiger partial charge on any atom is 0.416 e. The summed E-state index contributed by atoms with van der Waals surface area (Å²) in [6, 6.07) is 20.7. The van der Waals surface area contributed by atoms with Crippen LogP contribution in [0.25, 0.3) is 11.4 Å². The van der Waals surface area contributed by atoms with Gasteiger partial charge in [0.2, 0.25) is 15.9 Å². The third-order valence-corrected chi connectivity index (χ3v) is 9.85. The van der Waals surface area contributed by atoms with Gasteiger partial charge in [-0.3, -0.25) is 4.79 Å². The maximum atomic E-state index is 13.2. The fourth-order valence-corrected chi connectivity index (χ4v) is 6.79. The normalized spacial score (nSPS) is 12.8. The molecule has 1 heterocycles. The molecule has 1 atom stereocenters. The average Bonchev–Trinajstić information content (AvgIpc) is 3.39. The molecule has 0 unspecified atom stereocenters. The molecular weight excluding hydrogens is 599 g/mol. The molecule has 3 aromatic carbocycles. The molecular formula is C30H32F3N5O3S2. The number of carbonyl (C=O) groups is 1. The summed E-state index contributed by atoms with van der Waals surface area (Å²) in [5.74, 6) is -0.0729. The lowest BCUT2D eigenvalue weighted by Crippen LogP contribution is -2.30. The molecule has 4 aromatic rings. The summed E-state index contributed by atoms with van der Waals surface area (Å²) >= 11 is 1.11. The maximum absolute atomic E-state index is 13.2. The van der Waals surface area contributed by atoms with E-state index in [1.165, 1.54) is 22.5 Å². The van der Waals surface area contributed by atoms with Crippen molar-refractivity contribution in [3.63, 3.8) is 0 Å². The number of benzene rings is 3. The Morgan fingerprint density at radius 3 is 2.35 bits per heavy atom. The third kappa shape index (κ3) is 7.84. The Kier molecular flexibility index (Phi) is 10.3. The number of amides is 1. The molecule has 0 aliphatic carbocycles. The van der Waals surface area contributed by atoms with Crippen LogP contribution in [0.1, 0.15) is 31.9 Å². The molecule has 13 heteroatoms. The lowest BCUT2D eigenvalue weighted by molar-refractivity contribution is -0.137. The lowest BCUT2D eigenvalue weighted by Gasteiger charge is -2.19. The first-order chi connectivity index (χ1) is 20.4. The number of hydrogen-bond acceptors (Lipinski definition) is 6. The van der Waals surface area contributed by atoms with Crippen molar-refractivity contribution in [2.45, 2.75) is 55.2 Å². The number of halogens is 3. The molecule has 228 valence electrons. The first-order valence-corrected chi connectivity index (χ1v) is 16.0. The second-order valence-corrected chi connectivity index (χ2v) is 12.9. The van der Waals surface area contributed by atoms with Gasteiger partial charge in [0.1, 0.15) is 0 Å². The van der Waals surface area contributed by atoms with Crippen LogP contribution in [0, 0.1) is 0 Å². The molecule has 8 nitrogen and oxygen atoms in total. The molecule has 1 aromatic heterocycles. The van der Waals surface area contributed by atoms with Crippen LogP contribution in [0.2, 0.25) is 0 Å². The van der Waals surface area contributed by atoms with Crippen molar-refractivity contribution >= 4 is 33.4 Å². The highest BCUT2D eigenvalue weighted by atomic mass is 32.2. The molecule has 0 aliphatic rings. The third-order valence-electron chi connectivity index (χ3n) is 6.73. The molecule has 0 saturated heterocycles. The van der Waals surface area contributed by atoms with Gasteiger partial charge < -0.3 is 9.88 Å². The summed E-state index contributed by atoms with van der Waals surface area (Å²) in [5, 5.41) is 10.9. The number of aryl methyl sites for hydroxylation is 1. The van der Waals surface area contributed by atoms with Crippen LogP contribution in [0.4, 0.5) is 18.9 Å². The van der Waals surface area contributed by atoms with Gasteiger partial charge in [-0.25, -0.2) is 8.42 Å². The smallest absolute Gasteiger partial charge is 0.325 e. The fraction of sp³-hybridized carbons (Fsp3) is 0.300. The van der Waals surface area contributed by atoms with Gasteiger partial charge in [0.05, 0.1) is 15.7 Å². The van der Waals surface area contributed by atoms with Crippen LogP contribution in [-0.2, 0) is 34.0 Å². The Balaban J connectivity index is 1.63. The van der Waals surface area contributed by atoms with Gasteiger partial charge in [0.25, 0.3) is 0 Å². The van der Waals surface area contributed by atoms with Gasteiger partial charge in [0.15, 0.2) is 11.0 Å². The largest absolute Gasteiger partial charge is 0.416 e. The van der Waals surface area contributed by atoms with E-state index in [1.807, 2.05) is 34.9 Å². The van der Waals surface area contributed by atoms with Crippen molar-refractivity contribution in [3.05, 3.63) is 90.0 Å². The summed E-state index contributed by atoms with van der Waals surface area (Å²) < 4.78 is 69.0. The van der Waals surface area contributed by atoms with Gasteiger partial charge in [-0.15, -0.1) is 10.2 Å². The predicted molar refractivity (Wildman–Crippen MR) is 161 cm³/mol. The van der Waals surface area contributed by atoms with E-state index in [4.69, 9.17) is 0 Å². The van der Waals surface area contributed by atoms with E-state index in [2.05, 4.69) is 15.5 Å². The summed E-state index contributed by atoms with van der Waals surface area (Å²) in [6.45, 7) is 6.28. The summed E-state index contributed by atoms with van der Waals surface area (Å²) in [7, 11) is -3.72. The monoisotopic (exact) mass is 631 g/mol. The van der Waals surface area contributed by atoms with Crippen LogP contribution in [-0.4, -0.2) is 51.7 Å². The van der Waals surface area contributed by atoms with Crippen molar-refractivity contribution < 1.29 is 26.4 Å². The molecule has 0 fully saturated rings. The van der Waals surface area contributed by atoms with E-state index >= 15 is 0 Å². The number of nitrogens with zero attached hydrogens (tertiary/aromatic N) is 4. The summed E-state index contributed by atoms with van der Waals surface area (Å²) in [4.78, 5) is 13.1. The zero-order valence-electron chi connectivity index (χ0n) is 23.9. The zero-order valence-corrected chi connectivity index (χ0v) is 25.5. The fourth-order valence-electron chi connectivity index (χ4n) is 4.41. The van der Waals surface area contributed by atoms with Crippen molar-refractivity contribution in [2.24, 2.45) is 0 Å². The Hall–Kier alpha value is -3.68. The summed E-state index contributed by atoms with van der Waals surface area (Å²) in [5.41, 5.74) is 0.777. The SMILES string of the molecule is CCN(CC)S(=O)(=O)c1cccc(-c2nnc(S[C@H](C)C(=O)Nc3cccc(C(F)(F)F)c3)n2CCc2ccccc2)c1. The van der Waals surface area contributed by atoms with E-state index in [-0.39, 0.29) is 10.6 Å². The Morgan fingerprint density at radius 2 is 1.67 bits per heavy atom. The number of carbonyl (C=O) groups excluding carboxylic acids is 1. The average molecular weight is 632 g/mol. The van der Waals surface area contributed by atoms with Crippen molar-refractivity contribution in [2.75, 3.05) is 18.4 Å². The van der Waals surface area contributed by atoms with Gasteiger partial charge in [-0.1, -0.05) is 74.1 Å². The minimum absolute atomic E-state index is 0.0322. The van der Waals surface area contributed by atoms with Crippen LogP contribution in [0.15, 0.2) is 88.9 Å². The highest BCUT2D eigenvalue weighted by Gasteiger charge is 2.31. The molecule has 43 heavy (non-hydrogen) atoms. The van der Waals surface area contributed by atoms with Crippen LogP contribution < -0.4 is 5.32 Å². The quantitative estimate of drug-likeness (QED) is 0.183. The number of nitrogens with one attached hydrogen (secondary N) is 1. The van der Waals surface area contributed by atoms with Crippen molar-refractivity contribution in [1.29, 1.82) is 0 Å². The molecule has 1 N–H and O–H groups in total. The van der Waals surface area contributed by atoms with Crippen molar-refractivity contribution in [3.8, 4) is 11.4 Å². The predicted octanol–water partition coefficient (Wildman–Crippen LogP) is 6.36. The first-order valence-electron chi connectivity index (χ1n) is 13.7. The van der Waals surface area contributed by atoms with Crippen molar-refractivity contribution in [1.82, 2.24) is 19.1 Å². The minimum Gasteiger partial charge on any atom is -0.325 e. The highest BCUT2D eigenvalue weighted by molar-refractivity contribution is 8.00. The molecule has 0 bridgehead atoms. The number of hydrogen-bond donors (Lipinski definition) is 1. The van der Waals surface area contributed by atoms with Crippen LogP contribution in [0.3, 0.4) is 0 Å². The number of rotatable bonds is 12. The minimum atomic E-state index is -4.53. The van der Waals surface area contributed by atoms with Crippen LogP contribution in [0.5, 0.6) is 0 Å². The molecule has 0 radical (unpaired) electrons. The molecule has 0 spiro atoms. The van der Waals surface area contributed by atoms with Gasteiger partial charge >= 0.3 is 6.18 Å². The second-order valence-electron chi connectivity index (χ2n) is 9.64. The van der Waals surface area contributed by atoms with E-state index in [9.17, 15) is 26.4 Å². The van der Waals surface area contributed by atoms with E-state index in [0.29, 0.717) is 42.6 Å². The number of anilines is 1. The molecule has 4 rings (SSSR count). The van der Waals surface area contributed by atoms with E-state index < -0.39 is 32.9 Å². The first kappa shape index (κ1) is 32.2. The Labute approximate surface area is 253 Å². The van der Waals surface area contributed by atoms with Gasteiger partial charge in [-0.2, -0.15) is 17.5 Å². The Bertz CT molecular complexity index is 1660. The van der Waals surface area contributed by atoms with Crippen LogP contribution >= 0.6 is 11.8 Å². The van der Waals surface area contributed by atoms with E-state index in [0.717, 1.165) is 29.5 Å². The second kappa shape index (κ2) is 13.7. The zero-order chi connectivity index (χ0) is 31.2. The highest BCUT2D eigenvalue weighted by Crippen LogP contribution is 2.32. The number of alkyl halides is 3. The van der Waals surface area contributed by atoms with Gasteiger partial charge in [-0.05, 0) is 49.2 Å². The number of sulfonamides is 1. The molecule has 0 aliphatic heterocycles. The Morgan fingerprint density at radius 1 is 0.977 bits per heavy atom.